The summed E-state index contributed by atoms with van der Waals surface area (Å²) in [5, 5.41) is 11.1. The number of ether oxygens (including phenoxy) is 2. The molecule has 36 heavy (non-hydrogen) atoms. The van der Waals surface area contributed by atoms with Gasteiger partial charge >= 0.3 is 0 Å². The van der Waals surface area contributed by atoms with Gasteiger partial charge in [-0.05, 0) is 88.2 Å². The van der Waals surface area contributed by atoms with Crippen LogP contribution < -0.4 is 19.9 Å². The summed E-state index contributed by atoms with van der Waals surface area (Å²) < 4.78 is 35.4. The number of piperidine rings is 1. The summed E-state index contributed by atoms with van der Waals surface area (Å²) in [5.41, 5.74) is 2.27. The van der Waals surface area contributed by atoms with Crippen LogP contribution in [-0.2, 0) is 10.0 Å². The van der Waals surface area contributed by atoms with E-state index in [1.807, 2.05) is 43.5 Å². The number of nitrogens with zero attached hydrogens (tertiary/aromatic N) is 2. The van der Waals surface area contributed by atoms with Crippen LogP contribution in [0.15, 0.2) is 52.7 Å². The number of hydrogen-bond acceptors (Lipinski definition) is 8. The molecule has 2 aromatic carbocycles. The average Bonchev–Trinajstić information content (AvgIpc) is 3.29. The van der Waals surface area contributed by atoms with Crippen molar-refractivity contribution >= 4 is 32.2 Å². The molecule has 194 valence electrons. The smallest absolute Gasteiger partial charge is 0.238 e. The highest BCUT2D eigenvalue weighted by atomic mass is 32.2. The largest absolute Gasteiger partial charge is 0.492 e. The van der Waals surface area contributed by atoms with E-state index in [1.54, 1.807) is 6.07 Å². The van der Waals surface area contributed by atoms with E-state index in [4.69, 9.17) is 14.6 Å². The van der Waals surface area contributed by atoms with Crippen LogP contribution in [0.3, 0.4) is 0 Å². The van der Waals surface area contributed by atoms with E-state index in [2.05, 4.69) is 22.1 Å². The van der Waals surface area contributed by atoms with Crippen LogP contribution in [0.25, 0.3) is 11.3 Å². The Morgan fingerprint density at radius 1 is 1.17 bits per heavy atom. The normalized spacial score (nSPS) is 15.2. The first-order chi connectivity index (χ1) is 17.2. The molecule has 10 heteroatoms. The van der Waals surface area contributed by atoms with E-state index in [0.29, 0.717) is 23.2 Å². The highest BCUT2D eigenvalue weighted by Crippen LogP contribution is 2.34. The lowest BCUT2D eigenvalue weighted by molar-refractivity contribution is 0.160. The highest BCUT2D eigenvalue weighted by molar-refractivity contribution is 7.89. The molecule has 1 aromatic heterocycles. The topological polar surface area (TPSA) is 107 Å². The van der Waals surface area contributed by atoms with Gasteiger partial charge in [-0.3, -0.25) is 4.90 Å². The number of aromatic nitrogens is 1. The van der Waals surface area contributed by atoms with Crippen molar-refractivity contribution in [1.29, 1.82) is 0 Å². The lowest BCUT2D eigenvalue weighted by Crippen LogP contribution is -2.35. The molecule has 0 radical (unpaired) electrons. The van der Waals surface area contributed by atoms with Crippen LogP contribution in [0.2, 0.25) is 0 Å². The third-order valence-corrected chi connectivity index (χ3v) is 7.76. The maximum atomic E-state index is 11.8. The Balaban J connectivity index is 1.39. The van der Waals surface area contributed by atoms with Crippen LogP contribution in [0.1, 0.15) is 33.6 Å². The minimum absolute atomic E-state index is 0.00307. The van der Waals surface area contributed by atoms with E-state index >= 15 is 0 Å². The first kappa shape index (κ1) is 26.4. The predicted octanol–water partition coefficient (Wildman–Crippen LogP) is 5.10. The van der Waals surface area contributed by atoms with Crippen molar-refractivity contribution in [2.24, 2.45) is 11.1 Å². The Morgan fingerprint density at radius 2 is 1.89 bits per heavy atom. The summed E-state index contributed by atoms with van der Waals surface area (Å²) in [5.74, 6) is 2.20. The molecule has 1 saturated heterocycles. The maximum Gasteiger partial charge on any atom is 0.238 e. The average molecular weight is 531 g/mol. The molecule has 0 spiro atoms. The number of sulfonamides is 1. The predicted molar refractivity (Wildman–Crippen MR) is 145 cm³/mol. The number of benzene rings is 2. The van der Waals surface area contributed by atoms with Gasteiger partial charge in [-0.25, -0.2) is 18.5 Å². The minimum atomic E-state index is -3.85. The Morgan fingerprint density at radius 3 is 2.56 bits per heavy atom. The first-order valence-corrected chi connectivity index (χ1v) is 14.6. The zero-order valence-corrected chi connectivity index (χ0v) is 22.6. The fraction of sp³-hybridized carbons (Fsp3) is 0.423. The molecule has 1 fully saturated rings. The Labute approximate surface area is 217 Å². The van der Waals surface area contributed by atoms with Gasteiger partial charge < -0.3 is 14.8 Å². The summed E-state index contributed by atoms with van der Waals surface area (Å²) in [4.78, 5) is 7.14. The number of nitrogens with one attached hydrogen (secondary N) is 1. The van der Waals surface area contributed by atoms with E-state index in [9.17, 15) is 8.42 Å². The first-order valence-electron chi connectivity index (χ1n) is 12.2. The fourth-order valence-corrected chi connectivity index (χ4v) is 5.29. The molecule has 0 atom stereocenters. The zero-order valence-electron chi connectivity index (χ0n) is 20.9. The van der Waals surface area contributed by atoms with Gasteiger partial charge in [0, 0.05) is 17.5 Å². The molecule has 0 bridgehead atoms. The number of primary sulfonamides is 1. The van der Waals surface area contributed by atoms with Crippen LogP contribution >= 0.6 is 11.3 Å². The number of hydrogen-bond donors (Lipinski definition) is 2. The van der Waals surface area contributed by atoms with Gasteiger partial charge in [-0.1, -0.05) is 6.92 Å². The summed E-state index contributed by atoms with van der Waals surface area (Å²) >= 11 is 1.42. The van der Waals surface area contributed by atoms with E-state index in [-0.39, 0.29) is 11.0 Å². The third kappa shape index (κ3) is 7.19. The Bertz CT molecular complexity index is 1250. The number of likely N-dealkylation sites (tertiary alicyclic amines) is 1. The summed E-state index contributed by atoms with van der Waals surface area (Å²) in [6.45, 7) is 10.1. The summed E-state index contributed by atoms with van der Waals surface area (Å²) in [6.07, 6.45) is 2.45. The molecule has 3 aromatic rings. The number of anilines is 2. The molecule has 0 unspecified atom stereocenters. The van der Waals surface area contributed by atoms with Crippen LogP contribution in [-0.4, -0.2) is 50.6 Å². The zero-order chi connectivity index (χ0) is 25.7. The molecule has 0 amide bonds. The number of nitrogens with two attached hydrogens (primary N) is 1. The standard InChI is InChI=1S/C26H34N4O4S2/c1-18(2)34-25-9-8-22(36(27,31)32)16-23(25)28-26-29-24(17-35-26)20-4-6-21(7-5-20)33-15-14-30-12-10-19(3)11-13-30/h4-9,16-19H,10-15H2,1-3H3,(H,28,29)(H2,27,31,32). The Kier molecular flexibility index (Phi) is 8.50. The fourth-order valence-electron chi connectivity index (χ4n) is 4.02. The third-order valence-electron chi connectivity index (χ3n) is 6.09. The van der Waals surface area contributed by atoms with Crippen LogP contribution in [0.4, 0.5) is 10.8 Å². The SMILES string of the molecule is CC1CCN(CCOc2ccc(-c3csc(Nc4cc(S(N)(=O)=O)ccc4OC(C)C)n3)cc2)CC1. The molecule has 8 nitrogen and oxygen atoms in total. The second-order valence-corrected chi connectivity index (χ2v) is 11.8. The number of rotatable bonds is 10. The van der Waals surface area contributed by atoms with Gasteiger partial charge in [0.25, 0.3) is 0 Å². The van der Waals surface area contributed by atoms with Gasteiger partial charge in [0.1, 0.15) is 18.1 Å². The van der Waals surface area contributed by atoms with Crippen molar-refractivity contribution in [3.63, 3.8) is 0 Å². The lowest BCUT2D eigenvalue weighted by atomic mass is 9.99. The van der Waals surface area contributed by atoms with E-state index < -0.39 is 10.0 Å². The van der Waals surface area contributed by atoms with Crippen molar-refractivity contribution in [3.8, 4) is 22.8 Å². The summed E-state index contributed by atoms with van der Waals surface area (Å²) in [7, 11) is -3.85. The maximum absolute atomic E-state index is 11.8. The van der Waals surface area contributed by atoms with Gasteiger partial charge in [-0.15, -0.1) is 11.3 Å². The second kappa shape index (κ2) is 11.6. The van der Waals surface area contributed by atoms with Crippen molar-refractivity contribution in [2.45, 2.75) is 44.6 Å². The van der Waals surface area contributed by atoms with E-state index in [0.717, 1.165) is 42.6 Å². The minimum Gasteiger partial charge on any atom is -0.492 e. The molecule has 3 N–H and O–H groups in total. The monoisotopic (exact) mass is 530 g/mol. The van der Waals surface area contributed by atoms with Crippen LogP contribution in [0.5, 0.6) is 11.5 Å². The number of thiazole rings is 1. The van der Waals surface area contributed by atoms with Crippen LogP contribution in [0, 0.1) is 5.92 Å². The van der Waals surface area contributed by atoms with Gasteiger partial charge in [0.2, 0.25) is 10.0 Å². The molecule has 0 aliphatic carbocycles. The van der Waals surface area contributed by atoms with Crippen molar-refractivity contribution < 1.29 is 17.9 Å². The Hall–Kier alpha value is -2.66. The van der Waals surface area contributed by atoms with Crippen molar-refractivity contribution in [3.05, 3.63) is 47.8 Å². The van der Waals surface area contributed by atoms with Crippen molar-refractivity contribution in [2.75, 3.05) is 31.6 Å². The highest BCUT2D eigenvalue weighted by Gasteiger charge is 2.16. The molecule has 2 heterocycles. The summed E-state index contributed by atoms with van der Waals surface area (Å²) in [6, 6.07) is 12.4. The van der Waals surface area contributed by atoms with Crippen molar-refractivity contribution in [1.82, 2.24) is 9.88 Å². The molecule has 0 saturated carbocycles. The second-order valence-electron chi connectivity index (χ2n) is 9.43. The molecular weight excluding hydrogens is 496 g/mol. The molecule has 1 aliphatic heterocycles. The molecular formula is C26H34N4O4S2. The lowest BCUT2D eigenvalue weighted by Gasteiger charge is -2.29. The quantitative estimate of drug-likeness (QED) is 0.376. The van der Waals surface area contributed by atoms with Gasteiger partial charge in [-0.2, -0.15) is 0 Å². The molecule has 1 aliphatic rings. The van der Waals surface area contributed by atoms with E-state index in [1.165, 1.54) is 36.3 Å². The molecule has 4 rings (SSSR count). The van der Waals surface area contributed by atoms with Gasteiger partial charge in [0.15, 0.2) is 5.13 Å². The van der Waals surface area contributed by atoms with Gasteiger partial charge in [0.05, 0.1) is 22.4 Å².